The highest BCUT2D eigenvalue weighted by atomic mass is 35.5. The molecule has 0 spiro atoms. The van der Waals surface area contributed by atoms with Gasteiger partial charge in [-0.3, -0.25) is 4.79 Å². The third-order valence-electron chi connectivity index (χ3n) is 5.05. The topological polar surface area (TPSA) is 54.9 Å². The maximum absolute atomic E-state index is 13.0. The van der Waals surface area contributed by atoms with Crippen molar-refractivity contribution in [2.75, 3.05) is 0 Å². The Morgan fingerprint density at radius 3 is 2.06 bits per heavy atom. The molecule has 1 atom stereocenters. The molecule has 0 aliphatic carbocycles. The Balaban J connectivity index is 1.73. The third kappa shape index (κ3) is 5.48. The van der Waals surface area contributed by atoms with Crippen LogP contribution in [0.1, 0.15) is 29.1 Å². The van der Waals surface area contributed by atoms with Crippen LogP contribution in [0.15, 0.2) is 72.9 Å². The van der Waals surface area contributed by atoms with Gasteiger partial charge in [-0.15, -0.1) is 0 Å². The van der Waals surface area contributed by atoms with Crippen LogP contribution in [0.2, 0.25) is 20.1 Å². The van der Waals surface area contributed by atoms with Gasteiger partial charge >= 0.3 is 0 Å². The van der Waals surface area contributed by atoms with Gasteiger partial charge in [0.25, 0.3) is 5.91 Å². The molecular formula is C25H17Cl4N3O. The summed E-state index contributed by atoms with van der Waals surface area (Å²) in [5.74, 6) is -0.388. The molecule has 0 aliphatic rings. The number of aromatic nitrogens is 2. The van der Waals surface area contributed by atoms with Crippen LogP contribution in [0.25, 0.3) is 22.4 Å². The lowest BCUT2D eigenvalue weighted by Gasteiger charge is -2.15. The number of rotatable bonds is 5. The minimum absolute atomic E-state index is 0.0227. The highest BCUT2D eigenvalue weighted by Crippen LogP contribution is 2.36. The van der Waals surface area contributed by atoms with Crippen molar-refractivity contribution in [3.63, 3.8) is 0 Å². The molecule has 0 saturated carbocycles. The van der Waals surface area contributed by atoms with E-state index in [0.29, 0.717) is 36.9 Å². The normalized spacial score (nSPS) is 11.8. The van der Waals surface area contributed by atoms with Gasteiger partial charge in [-0.25, -0.2) is 9.97 Å². The van der Waals surface area contributed by atoms with Gasteiger partial charge in [-0.1, -0.05) is 70.7 Å². The van der Waals surface area contributed by atoms with Crippen LogP contribution >= 0.6 is 46.4 Å². The Bertz CT molecular complexity index is 1310. The minimum Gasteiger partial charge on any atom is -0.343 e. The van der Waals surface area contributed by atoms with Gasteiger partial charge in [0.15, 0.2) is 0 Å². The van der Waals surface area contributed by atoms with Crippen LogP contribution < -0.4 is 5.32 Å². The van der Waals surface area contributed by atoms with Crippen LogP contribution in [-0.4, -0.2) is 15.9 Å². The molecule has 4 rings (SSSR count). The summed E-state index contributed by atoms with van der Waals surface area (Å²) in [6, 6.07) is 19.4. The second-order valence-electron chi connectivity index (χ2n) is 7.33. The van der Waals surface area contributed by atoms with Crippen LogP contribution in [0.3, 0.4) is 0 Å². The Labute approximate surface area is 211 Å². The standard InChI is InChI=1S/C25H17Cl4N3O/c1-14(15-2-6-17(26)7-3-15)31-25(33)24-30-13-21(16-4-8-18(27)9-5-16)23(32-24)20-11-10-19(28)12-22(20)29/h2-14H,1H3,(H,31,33). The predicted molar refractivity (Wildman–Crippen MR) is 135 cm³/mol. The van der Waals surface area contributed by atoms with Crippen molar-refractivity contribution in [3.05, 3.63) is 104 Å². The lowest BCUT2D eigenvalue weighted by atomic mass is 10.0. The van der Waals surface area contributed by atoms with Gasteiger partial charge in [0.2, 0.25) is 5.82 Å². The molecule has 1 N–H and O–H groups in total. The van der Waals surface area contributed by atoms with Gasteiger partial charge in [-0.2, -0.15) is 0 Å². The van der Waals surface area contributed by atoms with E-state index in [4.69, 9.17) is 46.4 Å². The molecule has 166 valence electrons. The summed E-state index contributed by atoms with van der Waals surface area (Å²) in [5, 5.41) is 5.07. The Kier molecular flexibility index (Phi) is 7.20. The molecule has 8 heteroatoms. The lowest BCUT2D eigenvalue weighted by molar-refractivity contribution is 0.0929. The zero-order valence-corrected chi connectivity index (χ0v) is 20.3. The summed E-state index contributed by atoms with van der Waals surface area (Å²) in [6.07, 6.45) is 1.61. The summed E-state index contributed by atoms with van der Waals surface area (Å²) in [4.78, 5) is 21.9. The SMILES string of the molecule is CC(NC(=O)c1ncc(-c2ccc(Cl)cc2)c(-c2ccc(Cl)cc2Cl)n1)c1ccc(Cl)cc1. The van der Waals surface area contributed by atoms with Crippen molar-refractivity contribution in [1.82, 2.24) is 15.3 Å². The number of carbonyl (C=O) groups excluding carboxylic acids is 1. The zero-order valence-electron chi connectivity index (χ0n) is 17.3. The summed E-state index contributed by atoms with van der Waals surface area (Å²) in [6.45, 7) is 1.88. The fraction of sp³-hybridized carbons (Fsp3) is 0.0800. The second-order valence-corrected chi connectivity index (χ2v) is 9.05. The fourth-order valence-corrected chi connectivity index (χ4v) is 4.06. The molecule has 33 heavy (non-hydrogen) atoms. The van der Waals surface area contributed by atoms with Crippen molar-refractivity contribution >= 4 is 52.3 Å². The molecule has 0 saturated heterocycles. The van der Waals surface area contributed by atoms with Crippen LogP contribution in [0.5, 0.6) is 0 Å². The van der Waals surface area contributed by atoms with Crippen LogP contribution in [0.4, 0.5) is 0 Å². The van der Waals surface area contributed by atoms with Crippen molar-refractivity contribution in [3.8, 4) is 22.4 Å². The largest absolute Gasteiger partial charge is 0.343 e. The maximum Gasteiger partial charge on any atom is 0.289 e. The van der Waals surface area contributed by atoms with E-state index in [9.17, 15) is 4.79 Å². The number of nitrogens with zero attached hydrogens (tertiary/aromatic N) is 2. The average molecular weight is 517 g/mol. The first-order valence-corrected chi connectivity index (χ1v) is 11.5. The predicted octanol–water partition coefficient (Wildman–Crippen LogP) is 7.92. The van der Waals surface area contributed by atoms with E-state index in [-0.39, 0.29) is 11.9 Å². The second kappa shape index (κ2) is 10.1. The summed E-state index contributed by atoms with van der Waals surface area (Å²) >= 11 is 24.6. The van der Waals surface area contributed by atoms with E-state index < -0.39 is 5.91 Å². The van der Waals surface area contributed by atoms with Gasteiger partial charge in [0.1, 0.15) is 0 Å². The van der Waals surface area contributed by atoms with E-state index in [0.717, 1.165) is 11.1 Å². The first-order chi connectivity index (χ1) is 15.8. The summed E-state index contributed by atoms with van der Waals surface area (Å²) < 4.78 is 0. The van der Waals surface area contributed by atoms with Crippen molar-refractivity contribution < 1.29 is 4.79 Å². The third-order valence-corrected chi connectivity index (χ3v) is 6.10. The van der Waals surface area contributed by atoms with Gasteiger partial charge in [0.05, 0.1) is 16.8 Å². The van der Waals surface area contributed by atoms with Crippen molar-refractivity contribution in [2.24, 2.45) is 0 Å². The number of benzene rings is 3. The Morgan fingerprint density at radius 1 is 0.818 bits per heavy atom. The van der Waals surface area contributed by atoms with Gasteiger partial charge in [0, 0.05) is 32.4 Å². The van der Waals surface area contributed by atoms with Gasteiger partial charge < -0.3 is 5.32 Å². The van der Waals surface area contributed by atoms with Crippen LogP contribution in [0, 0.1) is 0 Å². The van der Waals surface area contributed by atoms with E-state index in [2.05, 4.69) is 15.3 Å². The monoisotopic (exact) mass is 515 g/mol. The summed E-state index contributed by atoms with van der Waals surface area (Å²) in [7, 11) is 0. The molecule has 1 amide bonds. The van der Waals surface area contributed by atoms with Crippen molar-refractivity contribution in [1.29, 1.82) is 0 Å². The molecule has 0 bridgehead atoms. The Hall–Kier alpha value is -2.63. The molecule has 0 radical (unpaired) electrons. The fourth-order valence-electron chi connectivity index (χ4n) is 3.31. The lowest BCUT2D eigenvalue weighted by Crippen LogP contribution is -2.28. The number of nitrogens with one attached hydrogen (secondary N) is 1. The number of carbonyl (C=O) groups is 1. The first kappa shape index (κ1) is 23.5. The zero-order chi connectivity index (χ0) is 23.5. The van der Waals surface area contributed by atoms with Crippen molar-refractivity contribution in [2.45, 2.75) is 13.0 Å². The molecular weight excluding hydrogens is 500 g/mol. The number of halogens is 4. The van der Waals surface area contributed by atoms with Gasteiger partial charge in [-0.05, 0) is 60.5 Å². The van der Waals surface area contributed by atoms with E-state index in [1.807, 2.05) is 31.2 Å². The maximum atomic E-state index is 13.0. The molecule has 1 aromatic heterocycles. The summed E-state index contributed by atoms with van der Waals surface area (Å²) in [5.41, 5.74) is 3.60. The number of hydrogen-bond acceptors (Lipinski definition) is 3. The smallest absolute Gasteiger partial charge is 0.289 e. The molecule has 3 aromatic carbocycles. The molecule has 4 nitrogen and oxygen atoms in total. The highest BCUT2D eigenvalue weighted by molar-refractivity contribution is 6.36. The molecule has 1 heterocycles. The molecule has 0 fully saturated rings. The molecule has 4 aromatic rings. The quantitative estimate of drug-likeness (QED) is 0.293. The molecule has 1 unspecified atom stereocenters. The highest BCUT2D eigenvalue weighted by Gasteiger charge is 2.19. The number of hydrogen-bond donors (Lipinski definition) is 1. The Morgan fingerprint density at radius 2 is 1.42 bits per heavy atom. The van der Waals surface area contributed by atoms with E-state index >= 15 is 0 Å². The average Bonchev–Trinajstić information content (AvgIpc) is 2.80. The minimum atomic E-state index is -0.411. The van der Waals surface area contributed by atoms with E-state index in [1.165, 1.54) is 0 Å². The van der Waals surface area contributed by atoms with E-state index in [1.54, 1.807) is 48.7 Å². The first-order valence-electron chi connectivity index (χ1n) is 9.96. The molecule has 0 aliphatic heterocycles. The number of amides is 1. The van der Waals surface area contributed by atoms with Crippen LogP contribution in [-0.2, 0) is 0 Å².